The predicted octanol–water partition coefficient (Wildman–Crippen LogP) is 2.92. The van der Waals surface area contributed by atoms with E-state index in [4.69, 9.17) is 0 Å². The molecule has 4 heteroatoms. The van der Waals surface area contributed by atoms with Gasteiger partial charge in [-0.1, -0.05) is 20.8 Å². The van der Waals surface area contributed by atoms with E-state index >= 15 is 0 Å². The first-order chi connectivity index (χ1) is 6.78. The fraction of sp³-hybridized carbons (Fsp3) is 1.00. The van der Waals surface area contributed by atoms with Gasteiger partial charge in [0.25, 0.3) is 5.92 Å². The van der Waals surface area contributed by atoms with Gasteiger partial charge in [0, 0.05) is 0 Å². The van der Waals surface area contributed by atoms with E-state index in [1.165, 1.54) is 0 Å². The third-order valence-electron chi connectivity index (χ3n) is 3.61. The van der Waals surface area contributed by atoms with Crippen LogP contribution in [0.4, 0.5) is 8.78 Å². The third kappa shape index (κ3) is 2.18. The summed E-state index contributed by atoms with van der Waals surface area (Å²) in [6.45, 7) is 8.21. The van der Waals surface area contributed by atoms with E-state index in [1.54, 1.807) is 0 Å². The Hall–Kier alpha value is -0.540. The van der Waals surface area contributed by atoms with Gasteiger partial charge in [-0.05, 0) is 10.5 Å². The van der Waals surface area contributed by atoms with Crippen LogP contribution < -0.4 is 0 Å². The highest BCUT2D eigenvalue weighted by molar-refractivity contribution is 4.87. The van der Waals surface area contributed by atoms with Crippen molar-refractivity contribution >= 4 is 0 Å². The van der Waals surface area contributed by atoms with E-state index in [0.29, 0.717) is 5.92 Å². The number of azo groups is 2. The first kappa shape index (κ1) is 11.0. The molecule has 1 heterocycles. The summed E-state index contributed by atoms with van der Waals surface area (Å²) in [5, 5.41) is 4.37. The molecule has 0 saturated heterocycles. The lowest BCUT2D eigenvalue weighted by atomic mass is 9.80. The normalized spacial score (nSPS) is 31.3. The van der Waals surface area contributed by atoms with Gasteiger partial charge in [0.2, 0.25) is 0 Å². The minimum Gasteiger partial charge on any atom is -0.206 e. The molecular formula is C11H19F2N2+. The molecule has 0 aromatic heterocycles. The minimum absolute atomic E-state index is 0.00658. The Morgan fingerprint density at radius 1 is 1.27 bits per heavy atom. The molecule has 0 aromatic rings. The fourth-order valence-corrected chi connectivity index (χ4v) is 2.20. The first-order valence-corrected chi connectivity index (χ1v) is 5.60. The van der Waals surface area contributed by atoms with Crippen molar-refractivity contribution in [3.63, 3.8) is 0 Å². The monoisotopic (exact) mass is 217 g/mol. The maximum atomic E-state index is 12.7. The van der Waals surface area contributed by atoms with E-state index in [0.717, 1.165) is 13.1 Å². The molecule has 86 valence electrons. The zero-order valence-corrected chi connectivity index (χ0v) is 9.63. The smallest absolute Gasteiger partial charge is 0.206 e. The standard InChI is InChI=1S/C11H19F2N2/c1-10(2,3)8-6-14-15(7-8)9-4-11(12,13)5-9/h8-9H,4-7H2,1-3H3/q+1. The molecule has 1 saturated carbocycles. The molecule has 15 heavy (non-hydrogen) atoms. The fourth-order valence-electron chi connectivity index (χ4n) is 2.20. The molecular weight excluding hydrogens is 198 g/mol. The zero-order chi connectivity index (χ0) is 11.3. The third-order valence-corrected chi connectivity index (χ3v) is 3.61. The molecule has 1 unspecified atom stereocenters. The summed E-state index contributed by atoms with van der Waals surface area (Å²) in [6, 6.07) is -0.00708. The summed E-state index contributed by atoms with van der Waals surface area (Å²) in [5.74, 6) is -1.92. The van der Waals surface area contributed by atoms with Gasteiger partial charge in [-0.2, -0.15) is 0 Å². The second-order valence-electron chi connectivity index (χ2n) is 5.93. The molecule has 0 N–H and O–H groups in total. The maximum Gasteiger partial charge on any atom is 0.260 e. The molecule has 2 nitrogen and oxygen atoms in total. The topological polar surface area (TPSA) is 15.4 Å². The summed E-state index contributed by atoms with van der Waals surface area (Å²) in [6.07, 6.45) is -0.0132. The lowest BCUT2D eigenvalue weighted by Crippen LogP contribution is -2.46. The van der Waals surface area contributed by atoms with Gasteiger partial charge >= 0.3 is 0 Å². The maximum absolute atomic E-state index is 12.7. The van der Waals surface area contributed by atoms with E-state index in [2.05, 4.69) is 25.9 Å². The lowest BCUT2D eigenvalue weighted by Gasteiger charge is -2.30. The summed E-state index contributed by atoms with van der Waals surface area (Å²) in [5.41, 5.74) is 0.227. The van der Waals surface area contributed by atoms with Crippen LogP contribution >= 0.6 is 0 Å². The number of halogens is 2. The molecule has 1 fully saturated rings. The first-order valence-electron chi connectivity index (χ1n) is 5.60. The van der Waals surface area contributed by atoms with Gasteiger partial charge in [0.15, 0.2) is 12.6 Å². The molecule has 1 aliphatic carbocycles. The number of alkyl halides is 2. The molecule has 0 spiro atoms. The second-order valence-corrected chi connectivity index (χ2v) is 5.93. The second kappa shape index (κ2) is 3.22. The van der Waals surface area contributed by atoms with Crippen molar-refractivity contribution in [2.45, 2.75) is 45.6 Å². The quantitative estimate of drug-likeness (QED) is 0.600. The average Bonchev–Trinajstić information content (AvgIpc) is 2.45. The van der Waals surface area contributed by atoms with Gasteiger partial charge in [-0.25, -0.2) is 8.78 Å². The Morgan fingerprint density at radius 2 is 1.87 bits per heavy atom. The predicted molar refractivity (Wildman–Crippen MR) is 53.3 cm³/mol. The molecule has 1 aliphatic heterocycles. The number of hydrogen-bond donors (Lipinski definition) is 0. The molecule has 0 bridgehead atoms. The van der Waals surface area contributed by atoms with Gasteiger partial charge < -0.3 is 0 Å². The van der Waals surface area contributed by atoms with Crippen molar-refractivity contribution in [3.05, 3.63) is 0 Å². The van der Waals surface area contributed by atoms with Gasteiger partial charge in [-0.3, -0.25) is 0 Å². The Kier molecular flexibility index (Phi) is 2.36. The van der Waals surface area contributed by atoms with Crippen LogP contribution in [0.1, 0.15) is 33.6 Å². The summed E-state index contributed by atoms with van der Waals surface area (Å²) < 4.78 is 27.3. The molecule has 2 rings (SSSR count). The minimum atomic E-state index is -2.43. The number of rotatable bonds is 1. The van der Waals surface area contributed by atoms with Crippen LogP contribution in [0.2, 0.25) is 0 Å². The summed E-state index contributed by atoms with van der Waals surface area (Å²) >= 11 is 0. The Bertz CT molecular complexity index is 283. The van der Waals surface area contributed by atoms with Crippen LogP contribution in [-0.2, 0) is 0 Å². The van der Waals surface area contributed by atoms with Crippen molar-refractivity contribution in [1.82, 2.24) is 0 Å². The number of nitrogens with zero attached hydrogens (tertiary/aromatic N) is 2. The lowest BCUT2D eigenvalue weighted by molar-refractivity contribution is -0.641. The summed E-state index contributed by atoms with van der Waals surface area (Å²) in [4.78, 5) is 0. The van der Waals surface area contributed by atoms with Crippen molar-refractivity contribution in [1.29, 1.82) is 0 Å². The Labute approximate surface area is 89.4 Å². The van der Waals surface area contributed by atoms with E-state index in [-0.39, 0.29) is 24.3 Å². The van der Waals surface area contributed by atoms with Crippen LogP contribution in [0.15, 0.2) is 5.11 Å². The van der Waals surface area contributed by atoms with Gasteiger partial charge in [0.1, 0.15) is 6.54 Å². The van der Waals surface area contributed by atoms with Crippen molar-refractivity contribution in [2.75, 3.05) is 13.1 Å². The van der Waals surface area contributed by atoms with Crippen molar-refractivity contribution < 1.29 is 13.5 Å². The SMILES string of the molecule is CC(C)(C)C1CN=[N+](C2CC(F)(F)C2)C1. The molecule has 0 amide bonds. The van der Waals surface area contributed by atoms with Gasteiger partial charge in [-0.15, -0.1) is 4.70 Å². The Balaban J connectivity index is 1.89. The van der Waals surface area contributed by atoms with Crippen molar-refractivity contribution in [2.24, 2.45) is 16.4 Å². The van der Waals surface area contributed by atoms with E-state index in [9.17, 15) is 8.78 Å². The highest BCUT2D eigenvalue weighted by atomic mass is 19.3. The number of hydrogen-bond acceptors (Lipinski definition) is 1. The molecule has 2 aliphatic rings. The largest absolute Gasteiger partial charge is 0.260 e. The van der Waals surface area contributed by atoms with E-state index in [1.807, 2.05) is 4.70 Å². The highest BCUT2D eigenvalue weighted by Gasteiger charge is 2.54. The van der Waals surface area contributed by atoms with Gasteiger partial charge in [0.05, 0.1) is 18.8 Å². The molecule has 1 atom stereocenters. The van der Waals surface area contributed by atoms with Crippen LogP contribution in [-0.4, -0.2) is 29.8 Å². The van der Waals surface area contributed by atoms with Crippen LogP contribution in [0.3, 0.4) is 0 Å². The Morgan fingerprint density at radius 3 is 2.27 bits per heavy atom. The van der Waals surface area contributed by atoms with Crippen LogP contribution in [0.5, 0.6) is 0 Å². The zero-order valence-electron chi connectivity index (χ0n) is 9.63. The van der Waals surface area contributed by atoms with E-state index < -0.39 is 5.92 Å². The molecule has 0 radical (unpaired) electrons. The average molecular weight is 217 g/mol. The van der Waals surface area contributed by atoms with Crippen LogP contribution in [0.25, 0.3) is 0 Å². The van der Waals surface area contributed by atoms with Crippen LogP contribution in [0, 0.1) is 11.3 Å². The summed E-state index contributed by atoms with van der Waals surface area (Å²) in [7, 11) is 0. The molecule has 0 aromatic carbocycles. The van der Waals surface area contributed by atoms with Crippen molar-refractivity contribution in [3.8, 4) is 0 Å². The highest BCUT2D eigenvalue weighted by Crippen LogP contribution is 2.41.